The topological polar surface area (TPSA) is 68.0 Å². The number of amides is 1. The van der Waals surface area contributed by atoms with Gasteiger partial charge in [-0.2, -0.15) is 0 Å². The van der Waals surface area contributed by atoms with E-state index in [1.54, 1.807) is 24.4 Å². The molecule has 2 aromatic rings. The second kappa shape index (κ2) is 5.99. The molecule has 0 saturated carbocycles. The quantitative estimate of drug-likeness (QED) is 0.903. The van der Waals surface area contributed by atoms with Crippen LogP contribution in [0.1, 0.15) is 19.8 Å². The summed E-state index contributed by atoms with van der Waals surface area (Å²) in [5.41, 5.74) is 7.15. The Hall–Kier alpha value is -1.65. The number of fused-ring (bicyclic) bond motifs is 1. The molecule has 0 aliphatic heterocycles. The Morgan fingerprint density at radius 3 is 3.00 bits per heavy atom. The van der Waals surface area contributed by atoms with Crippen LogP contribution in [0.25, 0.3) is 10.9 Å². The number of rotatable bonds is 4. The van der Waals surface area contributed by atoms with Crippen LogP contribution >= 0.6 is 11.6 Å². The summed E-state index contributed by atoms with van der Waals surface area (Å²) in [4.78, 5) is 16.2. The first-order valence-electron chi connectivity index (χ1n) is 6.23. The van der Waals surface area contributed by atoms with Crippen molar-refractivity contribution in [1.82, 2.24) is 4.98 Å². The lowest BCUT2D eigenvalue weighted by Gasteiger charge is -2.13. The van der Waals surface area contributed by atoms with Gasteiger partial charge in [0, 0.05) is 11.6 Å². The zero-order valence-corrected chi connectivity index (χ0v) is 11.4. The Bertz CT molecular complexity index is 600. The van der Waals surface area contributed by atoms with E-state index in [1.807, 2.05) is 13.0 Å². The van der Waals surface area contributed by atoms with E-state index in [-0.39, 0.29) is 5.91 Å². The Morgan fingerprint density at radius 1 is 1.47 bits per heavy atom. The van der Waals surface area contributed by atoms with Crippen LogP contribution < -0.4 is 11.1 Å². The van der Waals surface area contributed by atoms with E-state index in [9.17, 15) is 4.79 Å². The van der Waals surface area contributed by atoms with Gasteiger partial charge < -0.3 is 11.1 Å². The van der Waals surface area contributed by atoms with E-state index in [0.717, 1.165) is 11.8 Å². The van der Waals surface area contributed by atoms with Gasteiger partial charge >= 0.3 is 0 Å². The van der Waals surface area contributed by atoms with Gasteiger partial charge in [-0.15, -0.1) is 0 Å². The Kier molecular flexibility index (Phi) is 4.35. The maximum atomic E-state index is 11.9. The molecule has 4 nitrogen and oxygen atoms in total. The molecule has 3 N–H and O–H groups in total. The average Bonchev–Trinajstić information content (AvgIpc) is 2.42. The number of anilines is 1. The van der Waals surface area contributed by atoms with Gasteiger partial charge in [-0.1, -0.05) is 24.9 Å². The predicted molar refractivity (Wildman–Crippen MR) is 78.3 cm³/mol. The first-order valence-corrected chi connectivity index (χ1v) is 6.61. The van der Waals surface area contributed by atoms with Gasteiger partial charge in [-0.05, 0) is 30.7 Å². The van der Waals surface area contributed by atoms with Gasteiger partial charge in [0.1, 0.15) is 0 Å². The summed E-state index contributed by atoms with van der Waals surface area (Å²) in [6, 6.07) is 6.67. The average molecular weight is 278 g/mol. The third kappa shape index (κ3) is 3.03. The summed E-state index contributed by atoms with van der Waals surface area (Å²) in [7, 11) is 0. The highest BCUT2D eigenvalue weighted by molar-refractivity contribution is 6.35. The smallest absolute Gasteiger partial charge is 0.241 e. The van der Waals surface area contributed by atoms with Crippen LogP contribution in [0.4, 0.5) is 5.69 Å². The number of carbonyl (C=O) groups is 1. The summed E-state index contributed by atoms with van der Waals surface area (Å²) in [6.45, 7) is 1.99. The molecule has 0 fully saturated rings. The van der Waals surface area contributed by atoms with Crippen molar-refractivity contribution in [2.24, 2.45) is 5.73 Å². The fourth-order valence-electron chi connectivity index (χ4n) is 1.91. The molecule has 1 atom stereocenters. The van der Waals surface area contributed by atoms with Gasteiger partial charge in [0.05, 0.1) is 22.3 Å². The highest BCUT2D eigenvalue weighted by Crippen LogP contribution is 2.28. The Morgan fingerprint density at radius 2 is 2.26 bits per heavy atom. The van der Waals surface area contributed by atoms with Crippen LogP contribution in [0.2, 0.25) is 5.02 Å². The Labute approximate surface area is 117 Å². The third-order valence-corrected chi connectivity index (χ3v) is 3.22. The normalized spacial score (nSPS) is 12.4. The SMILES string of the molecule is CCC[C@H](N)C(=O)Nc1ccc(Cl)c2ncccc12. The van der Waals surface area contributed by atoms with Crippen molar-refractivity contribution >= 4 is 34.1 Å². The van der Waals surface area contributed by atoms with E-state index in [4.69, 9.17) is 17.3 Å². The zero-order chi connectivity index (χ0) is 13.8. The lowest BCUT2D eigenvalue weighted by molar-refractivity contribution is -0.117. The molecular weight excluding hydrogens is 262 g/mol. The molecule has 0 unspecified atom stereocenters. The van der Waals surface area contributed by atoms with E-state index >= 15 is 0 Å². The molecule has 1 aromatic carbocycles. The molecule has 1 amide bonds. The number of halogens is 1. The maximum Gasteiger partial charge on any atom is 0.241 e. The van der Waals surface area contributed by atoms with Crippen molar-refractivity contribution < 1.29 is 4.79 Å². The molecule has 1 aromatic heterocycles. The van der Waals surface area contributed by atoms with Crippen LogP contribution in [-0.4, -0.2) is 16.9 Å². The number of nitrogens with two attached hydrogens (primary N) is 1. The maximum absolute atomic E-state index is 11.9. The third-order valence-electron chi connectivity index (χ3n) is 2.91. The van der Waals surface area contributed by atoms with Crippen molar-refractivity contribution in [3.63, 3.8) is 0 Å². The molecule has 5 heteroatoms. The van der Waals surface area contributed by atoms with Crippen molar-refractivity contribution in [2.45, 2.75) is 25.8 Å². The van der Waals surface area contributed by atoms with E-state index in [2.05, 4.69) is 10.3 Å². The number of benzene rings is 1. The molecule has 19 heavy (non-hydrogen) atoms. The number of pyridine rings is 1. The van der Waals surface area contributed by atoms with Crippen molar-refractivity contribution in [2.75, 3.05) is 5.32 Å². The minimum Gasteiger partial charge on any atom is -0.324 e. The number of hydrogen-bond acceptors (Lipinski definition) is 3. The standard InChI is InChI=1S/C14H16ClN3O/c1-2-4-11(16)14(19)18-12-7-6-10(15)13-9(12)5-3-8-17-13/h3,5-8,11H,2,4,16H2,1H3,(H,18,19)/t11-/m0/s1. The lowest BCUT2D eigenvalue weighted by atomic mass is 10.1. The van der Waals surface area contributed by atoms with Crippen LogP contribution in [0.5, 0.6) is 0 Å². The largest absolute Gasteiger partial charge is 0.324 e. The van der Waals surface area contributed by atoms with E-state index in [1.165, 1.54) is 0 Å². The first kappa shape index (κ1) is 13.8. The molecule has 0 aliphatic rings. The predicted octanol–water partition coefficient (Wildman–Crippen LogP) is 2.95. The van der Waals surface area contributed by atoms with Crippen LogP contribution in [0.3, 0.4) is 0 Å². The van der Waals surface area contributed by atoms with Gasteiger partial charge in [0.2, 0.25) is 5.91 Å². The second-order valence-electron chi connectivity index (χ2n) is 4.38. The summed E-state index contributed by atoms with van der Waals surface area (Å²) in [6.07, 6.45) is 3.20. The fourth-order valence-corrected chi connectivity index (χ4v) is 2.13. The molecule has 0 radical (unpaired) electrons. The molecule has 100 valence electrons. The molecule has 0 spiro atoms. The fraction of sp³-hybridized carbons (Fsp3) is 0.286. The van der Waals surface area contributed by atoms with Crippen molar-refractivity contribution in [1.29, 1.82) is 0 Å². The van der Waals surface area contributed by atoms with E-state index in [0.29, 0.717) is 22.6 Å². The molecule has 0 bridgehead atoms. The zero-order valence-electron chi connectivity index (χ0n) is 10.7. The number of nitrogens with one attached hydrogen (secondary N) is 1. The first-order chi connectivity index (χ1) is 9.13. The number of carbonyl (C=O) groups excluding carboxylic acids is 1. The summed E-state index contributed by atoms with van der Waals surface area (Å²) in [5.74, 6) is -0.186. The van der Waals surface area contributed by atoms with E-state index < -0.39 is 6.04 Å². The molecule has 0 aliphatic carbocycles. The summed E-state index contributed by atoms with van der Waals surface area (Å²) >= 11 is 6.08. The number of hydrogen-bond donors (Lipinski definition) is 2. The highest BCUT2D eigenvalue weighted by atomic mass is 35.5. The lowest BCUT2D eigenvalue weighted by Crippen LogP contribution is -2.35. The monoisotopic (exact) mass is 277 g/mol. The highest BCUT2D eigenvalue weighted by Gasteiger charge is 2.14. The van der Waals surface area contributed by atoms with Crippen LogP contribution in [0.15, 0.2) is 30.5 Å². The summed E-state index contributed by atoms with van der Waals surface area (Å²) in [5, 5.41) is 4.21. The van der Waals surface area contributed by atoms with Crippen molar-refractivity contribution in [3.8, 4) is 0 Å². The Balaban J connectivity index is 2.31. The molecular formula is C14H16ClN3O. The van der Waals surface area contributed by atoms with Crippen LogP contribution in [0, 0.1) is 0 Å². The van der Waals surface area contributed by atoms with Crippen LogP contribution in [-0.2, 0) is 4.79 Å². The van der Waals surface area contributed by atoms with Crippen molar-refractivity contribution in [3.05, 3.63) is 35.5 Å². The number of aromatic nitrogens is 1. The van der Waals surface area contributed by atoms with Gasteiger partial charge in [-0.3, -0.25) is 9.78 Å². The molecule has 2 rings (SSSR count). The minimum atomic E-state index is -0.493. The number of nitrogens with zero attached hydrogens (tertiary/aromatic N) is 1. The van der Waals surface area contributed by atoms with Gasteiger partial charge in [0.25, 0.3) is 0 Å². The molecule has 1 heterocycles. The molecule has 0 saturated heterocycles. The summed E-state index contributed by atoms with van der Waals surface area (Å²) < 4.78 is 0. The van der Waals surface area contributed by atoms with Gasteiger partial charge in [-0.25, -0.2) is 0 Å². The van der Waals surface area contributed by atoms with Gasteiger partial charge in [0.15, 0.2) is 0 Å². The minimum absolute atomic E-state index is 0.186. The second-order valence-corrected chi connectivity index (χ2v) is 4.79.